The van der Waals surface area contributed by atoms with E-state index in [1.807, 2.05) is 0 Å². The first-order valence-electron chi connectivity index (χ1n) is 6.34. The van der Waals surface area contributed by atoms with E-state index in [-0.39, 0.29) is 0 Å². The second-order valence-corrected chi connectivity index (χ2v) is 5.65. The monoisotopic (exact) mass is 281 g/mol. The first-order chi connectivity index (χ1) is 7.84. The molecule has 1 N–H and O–H groups in total. The van der Waals surface area contributed by atoms with E-state index in [9.17, 15) is 0 Å². The summed E-state index contributed by atoms with van der Waals surface area (Å²) in [6, 6.07) is 8.41. The summed E-state index contributed by atoms with van der Waals surface area (Å²) >= 11 is 3.49. The van der Waals surface area contributed by atoms with Crippen LogP contribution in [-0.4, -0.2) is 6.54 Å². The van der Waals surface area contributed by atoms with Crippen LogP contribution in [-0.2, 0) is 0 Å². The molecule has 0 radical (unpaired) electrons. The Morgan fingerprint density at radius 1 is 1.19 bits per heavy atom. The Morgan fingerprint density at radius 3 is 2.75 bits per heavy atom. The largest absolute Gasteiger partial charge is 0.385 e. The third-order valence-electron chi connectivity index (χ3n) is 3.43. The van der Waals surface area contributed by atoms with Gasteiger partial charge in [0, 0.05) is 16.7 Å². The van der Waals surface area contributed by atoms with Gasteiger partial charge in [-0.15, -0.1) is 0 Å². The second kappa shape index (κ2) is 6.29. The highest BCUT2D eigenvalue weighted by molar-refractivity contribution is 9.10. The fraction of sp³-hybridized carbons (Fsp3) is 0.571. The highest BCUT2D eigenvalue weighted by Gasteiger charge is 2.12. The van der Waals surface area contributed by atoms with Crippen LogP contribution in [0.15, 0.2) is 28.7 Å². The molecule has 0 heterocycles. The molecular weight excluding hydrogens is 262 g/mol. The minimum atomic E-state index is 0.966. The molecule has 0 aliphatic heterocycles. The van der Waals surface area contributed by atoms with Gasteiger partial charge in [0.25, 0.3) is 0 Å². The number of hydrogen-bond donors (Lipinski definition) is 1. The fourth-order valence-corrected chi connectivity index (χ4v) is 2.89. The zero-order chi connectivity index (χ0) is 11.2. The van der Waals surface area contributed by atoms with E-state index in [1.54, 1.807) is 0 Å². The van der Waals surface area contributed by atoms with Crippen molar-refractivity contribution in [3.63, 3.8) is 0 Å². The zero-order valence-corrected chi connectivity index (χ0v) is 11.3. The number of nitrogens with one attached hydrogen (secondary N) is 1. The predicted molar refractivity (Wildman–Crippen MR) is 73.8 cm³/mol. The molecule has 0 bridgehead atoms. The number of benzene rings is 1. The smallest absolute Gasteiger partial charge is 0.0351 e. The van der Waals surface area contributed by atoms with Crippen LogP contribution >= 0.6 is 15.9 Å². The molecule has 1 fully saturated rings. The molecule has 2 heteroatoms. The zero-order valence-electron chi connectivity index (χ0n) is 9.71. The molecule has 1 saturated carbocycles. The van der Waals surface area contributed by atoms with E-state index in [0.717, 1.165) is 16.9 Å². The molecule has 16 heavy (non-hydrogen) atoms. The molecule has 0 atom stereocenters. The average Bonchev–Trinajstić information content (AvgIpc) is 2.30. The Kier molecular flexibility index (Phi) is 4.70. The van der Waals surface area contributed by atoms with Crippen LogP contribution in [0.5, 0.6) is 0 Å². The number of anilines is 1. The maximum Gasteiger partial charge on any atom is 0.0351 e. The summed E-state index contributed by atoms with van der Waals surface area (Å²) < 4.78 is 1.15. The summed E-state index contributed by atoms with van der Waals surface area (Å²) in [6.07, 6.45) is 8.56. The molecule has 1 nitrogen and oxygen atoms in total. The predicted octanol–water partition coefficient (Wildman–Crippen LogP) is 4.83. The summed E-state index contributed by atoms with van der Waals surface area (Å²) in [5, 5.41) is 3.50. The minimum Gasteiger partial charge on any atom is -0.385 e. The highest BCUT2D eigenvalue weighted by atomic mass is 79.9. The lowest BCUT2D eigenvalue weighted by molar-refractivity contribution is 0.345. The third-order valence-corrected chi connectivity index (χ3v) is 3.92. The van der Waals surface area contributed by atoms with E-state index >= 15 is 0 Å². The molecule has 88 valence electrons. The van der Waals surface area contributed by atoms with Crippen molar-refractivity contribution < 1.29 is 0 Å². The molecule has 0 unspecified atom stereocenters. The Morgan fingerprint density at radius 2 is 2.00 bits per heavy atom. The van der Waals surface area contributed by atoms with Gasteiger partial charge in [-0.1, -0.05) is 54.1 Å². The number of halogens is 1. The lowest BCUT2D eigenvalue weighted by atomic mass is 9.87. The van der Waals surface area contributed by atoms with E-state index in [2.05, 4.69) is 45.5 Å². The normalized spacial score (nSPS) is 17.3. The SMILES string of the molecule is Brc1cccc(NCCC2CCCCC2)c1. The Labute approximate surface area is 107 Å². The average molecular weight is 282 g/mol. The van der Waals surface area contributed by atoms with Gasteiger partial charge >= 0.3 is 0 Å². The summed E-state index contributed by atoms with van der Waals surface area (Å²) in [5.41, 5.74) is 1.23. The van der Waals surface area contributed by atoms with Crippen LogP contribution in [0.2, 0.25) is 0 Å². The van der Waals surface area contributed by atoms with Crippen molar-refractivity contribution in [3.05, 3.63) is 28.7 Å². The fourth-order valence-electron chi connectivity index (χ4n) is 2.49. The molecular formula is C14H20BrN. The van der Waals surface area contributed by atoms with E-state index in [1.165, 1.54) is 44.2 Å². The molecule has 0 saturated heterocycles. The first kappa shape index (κ1) is 12.0. The standard InChI is InChI=1S/C14H20BrN/c15-13-7-4-8-14(11-13)16-10-9-12-5-2-1-3-6-12/h4,7-8,11-12,16H,1-3,5-6,9-10H2. The van der Waals surface area contributed by atoms with Crippen LogP contribution in [0.3, 0.4) is 0 Å². The van der Waals surface area contributed by atoms with Gasteiger partial charge in [0.05, 0.1) is 0 Å². The lowest BCUT2D eigenvalue weighted by Crippen LogP contribution is -2.12. The van der Waals surface area contributed by atoms with Crippen LogP contribution < -0.4 is 5.32 Å². The summed E-state index contributed by atoms with van der Waals surface area (Å²) in [5.74, 6) is 0.966. The first-order valence-corrected chi connectivity index (χ1v) is 7.13. The van der Waals surface area contributed by atoms with Crippen molar-refractivity contribution in [2.75, 3.05) is 11.9 Å². The van der Waals surface area contributed by atoms with Gasteiger partial charge in [-0.2, -0.15) is 0 Å². The van der Waals surface area contributed by atoms with Gasteiger partial charge in [-0.3, -0.25) is 0 Å². The molecule has 1 aliphatic rings. The van der Waals surface area contributed by atoms with E-state index in [4.69, 9.17) is 0 Å². The van der Waals surface area contributed by atoms with Crippen LogP contribution in [0, 0.1) is 5.92 Å². The van der Waals surface area contributed by atoms with Crippen molar-refractivity contribution in [1.29, 1.82) is 0 Å². The van der Waals surface area contributed by atoms with Crippen molar-refractivity contribution in [2.24, 2.45) is 5.92 Å². The molecule has 0 amide bonds. The van der Waals surface area contributed by atoms with Gasteiger partial charge in [-0.25, -0.2) is 0 Å². The topological polar surface area (TPSA) is 12.0 Å². The molecule has 0 spiro atoms. The number of rotatable bonds is 4. The molecule has 1 aliphatic carbocycles. The summed E-state index contributed by atoms with van der Waals surface area (Å²) in [6.45, 7) is 1.11. The molecule has 1 aromatic carbocycles. The third kappa shape index (κ3) is 3.82. The Balaban J connectivity index is 1.71. The van der Waals surface area contributed by atoms with Crippen molar-refractivity contribution in [3.8, 4) is 0 Å². The summed E-state index contributed by atoms with van der Waals surface area (Å²) in [7, 11) is 0. The maximum atomic E-state index is 3.50. The lowest BCUT2D eigenvalue weighted by Gasteiger charge is -2.21. The highest BCUT2D eigenvalue weighted by Crippen LogP contribution is 2.26. The van der Waals surface area contributed by atoms with Crippen molar-refractivity contribution in [1.82, 2.24) is 0 Å². The Bertz CT molecular complexity index is 318. The van der Waals surface area contributed by atoms with E-state index in [0.29, 0.717) is 0 Å². The molecule has 0 aromatic heterocycles. The molecule has 2 rings (SSSR count). The van der Waals surface area contributed by atoms with Gasteiger partial charge < -0.3 is 5.32 Å². The van der Waals surface area contributed by atoms with Gasteiger partial charge in [0.15, 0.2) is 0 Å². The van der Waals surface area contributed by atoms with Crippen LogP contribution in [0.25, 0.3) is 0 Å². The van der Waals surface area contributed by atoms with Gasteiger partial charge in [-0.05, 0) is 30.5 Å². The van der Waals surface area contributed by atoms with Crippen molar-refractivity contribution in [2.45, 2.75) is 38.5 Å². The number of hydrogen-bond acceptors (Lipinski definition) is 1. The minimum absolute atomic E-state index is 0.966. The molecule has 1 aromatic rings. The maximum absolute atomic E-state index is 3.50. The Hall–Kier alpha value is -0.500. The van der Waals surface area contributed by atoms with Crippen LogP contribution in [0.1, 0.15) is 38.5 Å². The second-order valence-electron chi connectivity index (χ2n) is 4.73. The van der Waals surface area contributed by atoms with Crippen molar-refractivity contribution >= 4 is 21.6 Å². The quantitative estimate of drug-likeness (QED) is 0.834. The van der Waals surface area contributed by atoms with E-state index < -0.39 is 0 Å². The summed E-state index contributed by atoms with van der Waals surface area (Å²) in [4.78, 5) is 0. The van der Waals surface area contributed by atoms with Gasteiger partial charge in [0.1, 0.15) is 0 Å². The van der Waals surface area contributed by atoms with Gasteiger partial charge in [0.2, 0.25) is 0 Å². The van der Waals surface area contributed by atoms with Crippen LogP contribution in [0.4, 0.5) is 5.69 Å².